The van der Waals surface area contributed by atoms with Crippen LogP contribution in [0.2, 0.25) is 0 Å². The average molecular weight is 363 g/mol. The largest absolute Gasteiger partial charge is 0.395 e. The van der Waals surface area contributed by atoms with Crippen LogP contribution in [-0.2, 0) is 6.54 Å². The van der Waals surface area contributed by atoms with Gasteiger partial charge in [0.2, 0.25) is 0 Å². The molecule has 7 heteroatoms. The molecule has 0 aromatic carbocycles. The first-order valence-corrected chi connectivity index (χ1v) is 9.40. The summed E-state index contributed by atoms with van der Waals surface area (Å²) in [5.74, 6) is -0.00824. The fraction of sp³-hybridized carbons (Fsp3) is 0.632. The van der Waals surface area contributed by atoms with Gasteiger partial charge in [0.15, 0.2) is 5.78 Å². The Morgan fingerprint density at radius 2 is 1.92 bits per heavy atom. The molecule has 0 amide bonds. The lowest BCUT2D eigenvalue weighted by Crippen LogP contribution is -2.37. The summed E-state index contributed by atoms with van der Waals surface area (Å²) in [7, 11) is 0. The summed E-state index contributed by atoms with van der Waals surface area (Å²) in [6.07, 6.45) is 6.33. The number of hydrogen-bond acceptors (Lipinski definition) is 7. The number of carbonyl (C=O) groups excluding carboxylic acids is 1. The maximum Gasteiger partial charge on any atom is 0.194 e. The van der Waals surface area contributed by atoms with Crippen LogP contribution in [-0.4, -0.2) is 89.8 Å². The van der Waals surface area contributed by atoms with E-state index in [0.29, 0.717) is 31.9 Å². The molecular weight excluding hydrogens is 332 g/mol. The van der Waals surface area contributed by atoms with Crippen LogP contribution in [0.4, 0.5) is 0 Å². The molecular formula is C19H31N4O3. The van der Waals surface area contributed by atoms with Gasteiger partial charge in [0.25, 0.3) is 0 Å². The van der Waals surface area contributed by atoms with Crippen molar-refractivity contribution in [1.82, 2.24) is 20.1 Å². The zero-order valence-corrected chi connectivity index (χ0v) is 15.4. The van der Waals surface area contributed by atoms with Crippen LogP contribution in [0.15, 0.2) is 18.3 Å². The molecule has 2 heterocycles. The van der Waals surface area contributed by atoms with Gasteiger partial charge in [0.05, 0.1) is 19.8 Å². The number of Topliss-reactive ketones (excluding diaryl/α,β-unsaturated/α-hetero) is 1. The van der Waals surface area contributed by atoms with Crippen LogP contribution >= 0.6 is 0 Å². The standard InChI is InChI=1S/C19H31N4O3/c24-12-10-23(11-13-25)16-17-4-5-18(21-14-17)19(26)15-20-6-9-22-7-2-1-3-8-22/h1,4-5,14,20,24-25H,2-3,6-13,15-16H2. The Kier molecular flexibility index (Phi) is 9.73. The predicted octanol–water partition coefficient (Wildman–Crippen LogP) is -0.0594. The normalized spacial score (nSPS) is 15.5. The molecule has 0 aliphatic carbocycles. The van der Waals surface area contributed by atoms with Gasteiger partial charge in [-0.2, -0.15) is 0 Å². The number of hydrogen-bond donors (Lipinski definition) is 3. The van der Waals surface area contributed by atoms with E-state index in [-0.39, 0.29) is 19.0 Å². The SMILES string of the molecule is O=C(CNCCN1CC[CH]CC1)c1ccc(CN(CCO)CCO)cn1. The van der Waals surface area contributed by atoms with E-state index in [0.717, 1.165) is 44.6 Å². The number of aliphatic hydroxyl groups excluding tert-OH is 2. The molecule has 1 saturated heterocycles. The van der Waals surface area contributed by atoms with E-state index < -0.39 is 0 Å². The number of nitrogens with one attached hydrogen (secondary N) is 1. The van der Waals surface area contributed by atoms with Crippen molar-refractivity contribution in [3.63, 3.8) is 0 Å². The van der Waals surface area contributed by atoms with Crippen molar-refractivity contribution in [2.75, 3.05) is 59.0 Å². The van der Waals surface area contributed by atoms with Crippen LogP contribution in [0, 0.1) is 6.42 Å². The second kappa shape index (κ2) is 12.1. The molecule has 3 N–H and O–H groups in total. The summed E-state index contributed by atoms with van der Waals surface area (Å²) in [5.41, 5.74) is 1.42. The molecule has 1 radical (unpaired) electrons. The minimum Gasteiger partial charge on any atom is -0.395 e. The average Bonchev–Trinajstić information content (AvgIpc) is 2.67. The highest BCUT2D eigenvalue weighted by molar-refractivity contribution is 5.95. The third-order valence-electron chi connectivity index (χ3n) is 4.54. The molecule has 7 nitrogen and oxygen atoms in total. The molecule has 0 unspecified atom stereocenters. The van der Waals surface area contributed by atoms with Gasteiger partial charge in [0, 0.05) is 38.9 Å². The molecule has 26 heavy (non-hydrogen) atoms. The molecule has 0 bridgehead atoms. The van der Waals surface area contributed by atoms with Gasteiger partial charge in [-0.25, -0.2) is 0 Å². The number of carbonyl (C=O) groups is 1. The smallest absolute Gasteiger partial charge is 0.194 e. The number of nitrogens with zero attached hydrogens (tertiary/aromatic N) is 3. The summed E-state index contributed by atoms with van der Waals surface area (Å²) in [6, 6.07) is 3.63. The fourth-order valence-corrected chi connectivity index (χ4v) is 3.05. The van der Waals surface area contributed by atoms with Gasteiger partial charge in [0.1, 0.15) is 5.69 Å². The first kappa shape index (κ1) is 20.9. The number of pyridine rings is 1. The van der Waals surface area contributed by atoms with Crippen LogP contribution < -0.4 is 5.32 Å². The Labute approximate surface area is 156 Å². The Morgan fingerprint density at radius 3 is 2.54 bits per heavy atom. The Balaban J connectivity index is 1.71. The highest BCUT2D eigenvalue weighted by atomic mass is 16.3. The van der Waals surface area contributed by atoms with E-state index in [1.165, 1.54) is 0 Å². The zero-order valence-electron chi connectivity index (χ0n) is 15.4. The van der Waals surface area contributed by atoms with E-state index in [9.17, 15) is 4.79 Å². The molecule has 0 atom stereocenters. The van der Waals surface area contributed by atoms with E-state index in [1.807, 2.05) is 11.0 Å². The Morgan fingerprint density at radius 1 is 1.19 bits per heavy atom. The number of ketones is 1. The van der Waals surface area contributed by atoms with Gasteiger partial charge in [-0.15, -0.1) is 0 Å². The third-order valence-corrected chi connectivity index (χ3v) is 4.54. The minimum atomic E-state index is -0.00824. The number of aliphatic hydroxyl groups is 2. The van der Waals surface area contributed by atoms with Crippen molar-refractivity contribution < 1.29 is 15.0 Å². The Hall–Kier alpha value is -1.38. The van der Waals surface area contributed by atoms with Gasteiger partial charge >= 0.3 is 0 Å². The third kappa shape index (κ3) is 7.47. The van der Waals surface area contributed by atoms with Crippen molar-refractivity contribution >= 4 is 5.78 Å². The first-order chi connectivity index (χ1) is 12.7. The molecule has 1 aliphatic heterocycles. The van der Waals surface area contributed by atoms with Crippen LogP contribution in [0.5, 0.6) is 0 Å². The second-order valence-corrected chi connectivity index (χ2v) is 6.58. The summed E-state index contributed by atoms with van der Waals surface area (Å²) in [5, 5.41) is 21.3. The zero-order chi connectivity index (χ0) is 18.6. The maximum absolute atomic E-state index is 12.2. The van der Waals surface area contributed by atoms with Crippen molar-refractivity contribution in [1.29, 1.82) is 0 Å². The predicted molar refractivity (Wildman–Crippen MR) is 101 cm³/mol. The lowest BCUT2D eigenvalue weighted by Gasteiger charge is -2.26. The summed E-state index contributed by atoms with van der Waals surface area (Å²) < 4.78 is 0. The van der Waals surface area contributed by atoms with Crippen molar-refractivity contribution in [3.05, 3.63) is 36.0 Å². The topological polar surface area (TPSA) is 88.9 Å². The van der Waals surface area contributed by atoms with E-state index >= 15 is 0 Å². The molecule has 0 spiro atoms. The van der Waals surface area contributed by atoms with Gasteiger partial charge < -0.3 is 20.4 Å². The lowest BCUT2D eigenvalue weighted by atomic mass is 10.1. The monoisotopic (exact) mass is 363 g/mol. The number of aromatic nitrogens is 1. The fourth-order valence-electron chi connectivity index (χ4n) is 3.05. The van der Waals surface area contributed by atoms with Gasteiger partial charge in [-0.05, 0) is 44.0 Å². The number of piperidine rings is 1. The van der Waals surface area contributed by atoms with Crippen LogP contribution in [0.25, 0.3) is 0 Å². The van der Waals surface area contributed by atoms with E-state index in [2.05, 4.69) is 21.6 Å². The molecule has 1 aromatic rings. The molecule has 1 aliphatic rings. The number of rotatable bonds is 12. The number of likely N-dealkylation sites (tertiary alicyclic amines) is 1. The molecule has 1 aromatic heterocycles. The van der Waals surface area contributed by atoms with Crippen molar-refractivity contribution in [3.8, 4) is 0 Å². The summed E-state index contributed by atoms with van der Waals surface area (Å²) >= 11 is 0. The first-order valence-electron chi connectivity index (χ1n) is 9.40. The van der Waals surface area contributed by atoms with Crippen molar-refractivity contribution in [2.45, 2.75) is 19.4 Å². The highest BCUT2D eigenvalue weighted by Gasteiger charge is 2.11. The van der Waals surface area contributed by atoms with Crippen LogP contribution in [0.3, 0.4) is 0 Å². The molecule has 145 valence electrons. The van der Waals surface area contributed by atoms with Gasteiger partial charge in [-0.3, -0.25) is 14.7 Å². The quantitative estimate of drug-likeness (QED) is 0.354. The maximum atomic E-state index is 12.2. The second-order valence-electron chi connectivity index (χ2n) is 6.58. The van der Waals surface area contributed by atoms with Crippen LogP contribution in [0.1, 0.15) is 28.9 Å². The van der Waals surface area contributed by atoms with Crippen molar-refractivity contribution in [2.24, 2.45) is 0 Å². The Bertz CT molecular complexity index is 512. The minimum absolute atomic E-state index is 0.00824. The lowest BCUT2D eigenvalue weighted by molar-refractivity contribution is 0.0985. The summed E-state index contributed by atoms with van der Waals surface area (Å²) in [4.78, 5) is 20.8. The van der Waals surface area contributed by atoms with E-state index in [1.54, 1.807) is 12.3 Å². The molecule has 0 saturated carbocycles. The molecule has 2 rings (SSSR count). The highest BCUT2D eigenvalue weighted by Crippen LogP contribution is 2.07. The van der Waals surface area contributed by atoms with E-state index in [4.69, 9.17) is 10.2 Å². The molecule has 1 fully saturated rings. The van der Waals surface area contributed by atoms with Gasteiger partial charge in [-0.1, -0.05) is 6.07 Å². The summed E-state index contributed by atoms with van der Waals surface area (Å²) in [6.45, 7) is 5.99.